The lowest BCUT2D eigenvalue weighted by Crippen LogP contribution is -2.35. The van der Waals surface area contributed by atoms with Crippen LogP contribution in [-0.2, 0) is 9.59 Å². The van der Waals surface area contributed by atoms with Gasteiger partial charge >= 0.3 is 0 Å². The van der Waals surface area contributed by atoms with E-state index in [0.29, 0.717) is 14.2 Å². The molecule has 33 heavy (non-hydrogen) atoms. The largest absolute Gasteiger partial charge is 0.292 e. The summed E-state index contributed by atoms with van der Waals surface area (Å²) >= 11 is 14.3. The first kappa shape index (κ1) is 22.2. The highest BCUT2D eigenvalue weighted by Gasteiger charge is 2.34. The fourth-order valence-electron chi connectivity index (χ4n) is 3.70. The lowest BCUT2D eigenvalue weighted by molar-refractivity contribution is -0.123. The van der Waals surface area contributed by atoms with Gasteiger partial charge in [0.1, 0.15) is 4.32 Å². The molecule has 0 aliphatic carbocycles. The number of nitrogens with zero attached hydrogens (tertiary/aromatic N) is 2. The van der Waals surface area contributed by atoms with E-state index >= 15 is 0 Å². The van der Waals surface area contributed by atoms with Crippen molar-refractivity contribution < 1.29 is 9.59 Å². The first-order valence-electron chi connectivity index (χ1n) is 10.2. The predicted molar refractivity (Wildman–Crippen MR) is 140 cm³/mol. The van der Waals surface area contributed by atoms with Crippen molar-refractivity contribution in [1.82, 2.24) is 4.90 Å². The molecule has 0 radical (unpaired) electrons. The maximum Gasteiger partial charge on any atom is 0.266 e. The van der Waals surface area contributed by atoms with Gasteiger partial charge in [0.25, 0.3) is 5.91 Å². The van der Waals surface area contributed by atoms with E-state index in [1.165, 1.54) is 16.7 Å². The Morgan fingerprint density at radius 2 is 1.52 bits per heavy atom. The van der Waals surface area contributed by atoms with Crippen LogP contribution in [0.25, 0.3) is 6.08 Å². The Balaban J connectivity index is 1.34. The summed E-state index contributed by atoms with van der Waals surface area (Å²) in [5.74, 6) is -0.256. The highest BCUT2D eigenvalue weighted by atomic mass is 35.5. The standard InChI is InChI=1S/C25H17ClN2O2S3/c26-17-11-9-16(10-12-17)15-22-24(30)27(25(31)33-22)14-13-23(29)28-18-5-1-3-7-20(18)32-21-8-4-2-6-19(21)28/h1-12,15H,13-14H2/b22-15+. The number of amides is 2. The van der Waals surface area contributed by atoms with Crippen LogP contribution >= 0.6 is 47.3 Å². The van der Waals surface area contributed by atoms with Gasteiger partial charge in [-0.15, -0.1) is 0 Å². The van der Waals surface area contributed by atoms with Crippen molar-refractivity contribution in [2.45, 2.75) is 16.2 Å². The third kappa shape index (κ3) is 4.46. The molecule has 164 valence electrons. The molecule has 0 atom stereocenters. The Bertz CT molecular complexity index is 1260. The number of fused-ring (bicyclic) bond motifs is 2. The fraction of sp³-hybridized carbons (Fsp3) is 0.0800. The number of anilines is 2. The number of hydrogen-bond acceptors (Lipinski definition) is 5. The number of para-hydroxylation sites is 2. The lowest BCUT2D eigenvalue weighted by Gasteiger charge is -2.31. The Labute approximate surface area is 210 Å². The van der Waals surface area contributed by atoms with Crippen molar-refractivity contribution in [3.63, 3.8) is 0 Å². The smallest absolute Gasteiger partial charge is 0.266 e. The average molecular weight is 509 g/mol. The summed E-state index contributed by atoms with van der Waals surface area (Å²) in [6.07, 6.45) is 1.96. The number of thioether (sulfide) groups is 1. The zero-order chi connectivity index (χ0) is 22.9. The Morgan fingerprint density at radius 3 is 2.15 bits per heavy atom. The van der Waals surface area contributed by atoms with Crippen molar-refractivity contribution in [1.29, 1.82) is 0 Å². The SMILES string of the molecule is O=C1/C(=C\c2ccc(Cl)cc2)SC(=S)N1CCC(=O)N1c2ccccc2Sc2ccccc21. The summed E-state index contributed by atoms with van der Waals surface area (Å²) in [4.78, 5) is 32.2. The van der Waals surface area contributed by atoms with E-state index in [1.807, 2.05) is 60.7 Å². The zero-order valence-corrected chi connectivity index (χ0v) is 20.4. The van der Waals surface area contributed by atoms with Crippen LogP contribution in [0.3, 0.4) is 0 Å². The van der Waals surface area contributed by atoms with Gasteiger partial charge in [-0.1, -0.05) is 83.7 Å². The molecule has 2 aliphatic rings. The Morgan fingerprint density at radius 1 is 0.909 bits per heavy atom. The van der Waals surface area contributed by atoms with Crippen molar-refractivity contribution in [3.8, 4) is 0 Å². The van der Waals surface area contributed by atoms with Gasteiger partial charge in [-0.05, 0) is 48.0 Å². The lowest BCUT2D eigenvalue weighted by atomic mass is 10.2. The van der Waals surface area contributed by atoms with E-state index in [-0.39, 0.29) is 24.8 Å². The quantitative estimate of drug-likeness (QED) is 0.287. The number of hydrogen-bond donors (Lipinski definition) is 0. The van der Waals surface area contributed by atoms with Crippen molar-refractivity contribution >= 4 is 80.9 Å². The zero-order valence-electron chi connectivity index (χ0n) is 17.2. The normalized spacial score (nSPS) is 16.2. The minimum atomic E-state index is -0.178. The molecule has 1 saturated heterocycles. The van der Waals surface area contributed by atoms with E-state index in [0.717, 1.165) is 26.7 Å². The number of thiocarbonyl (C=S) groups is 1. The van der Waals surface area contributed by atoms with Gasteiger partial charge in [0.05, 0.1) is 16.3 Å². The van der Waals surface area contributed by atoms with Crippen molar-refractivity contribution in [3.05, 3.63) is 88.3 Å². The van der Waals surface area contributed by atoms with Crippen LogP contribution < -0.4 is 4.90 Å². The molecule has 0 bridgehead atoms. The molecular weight excluding hydrogens is 492 g/mol. The molecule has 0 N–H and O–H groups in total. The third-order valence-electron chi connectivity index (χ3n) is 5.27. The summed E-state index contributed by atoms with van der Waals surface area (Å²) in [5.41, 5.74) is 2.59. The van der Waals surface area contributed by atoms with Gasteiger partial charge < -0.3 is 0 Å². The van der Waals surface area contributed by atoms with Gasteiger partial charge in [0.15, 0.2) is 0 Å². The maximum absolute atomic E-state index is 13.4. The van der Waals surface area contributed by atoms with E-state index in [4.69, 9.17) is 23.8 Å². The van der Waals surface area contributed by atoms with E-state index in [2.05, 4.69) is 0 Å². The molecule has 2 heterocycles. The van der Waals surface area contributed by atoms with Gasteiger partial charge in [-0.3, -0.25) is 19.4 Å². The Kier molecular flexibility index (Phi) is 6.29. The number of carbonyl (C=O) groups is 2. The monoisotopic (exact) mass is 508 g/mol. The van der Waals surface area contributed by atoms with Crippen molar-refractivity contribution in [2.75, 3.05) is 11.4 Å². The summed E-state index contributed by atoms with van der Waals surface area (Å²) in [6, 6.07) is 23.0. The minimum absolute atomic E-state index is 0.0778. The maximum atomic E-state index is 13.4. The number of benzene rings is 3. The highest BCUT2D eigenvalue weighted by molar-refractivity contribution is 8.26. The second-order valence-electron chi connectivity index (χ2n) is 7.40. The summed E-state index contributed by atoms with van der Waals surface area (Å²) in [7, 11) is 0. The average Bonchev–Trinajstić information content (AvgIpc) is 3.09. The molecule has 4 nitrogen and oxygen atoms in total. The van der Waals surface area contributed by atoms with E-state index in [9.17, 15) is 9.59 Å². The van der Waals surface area contributed by atoms with Crippen LogP contribution in [0.1, 0.15) is 12.0 Å². The first-order chi connectivity index (χ1) is 16.0. The molecular formula is C25H17ClN2O2S3. The second-order valence-corrected chi connectivity index (χ2v) is 10.6. The van der Waals surface area contributed by atoms with Gasteiger partial charge in [0.2, 0.25) is 5.91 Å². The molecule has 2 aliphatic heterocycles. The van der Waals surface area contributed by atoms with Crippen LogP contribution in [0.2, 0.25) is 5.02 Å². The topological polar surface area (TPSA) is 40.6 Å². The van der Waals surface area contributed by atoms with Crippen LogP contribution in [0.15, 0.2) is 87.5 Å². The molecule has 1 fully saturated rings. The predicted octanol–water partition coefficient (Wildman–Crippen LogP) is 6.76. The Hall–Kier alpha value is -2.58. The molecule has 0 aromatic heterocycles. The minimum Gasteiger partial charge on any atom is -0.292 e. The van der Waals surface area contributed by atoms with Gasteiger partial charge in [-0.25, -0.2) is 0 Å². The summed E-state index contributed by atoms with van der Waals surface area (Å²) < 4.78 is 0.461. The van der Waals surface area contributed by atoms with E-state index in [1.54, 1.807) is 34.9 Å². The summed E-state index contributed by atoms with van der Waals surface area (Å²) in [5, 5.41) is 0.637. The number of carbonyl (C=O) groups excluding carboxylic acids is 2. The fourth-order valence-corrected chi connectivity index (χ4v) is 6.19. The number of rotatable bonds is 4. The van der Waals surface area contributed by atoms with Gasteiger partial charge in [0, 0.05) is 27.8 Å². The molecule has 8 heteroatoms. The van der Waals surface area contributed by atoms with Gasteiger partial charge in [-0.2, -0.15) is 0 Å². The third-order valence-corrected chi connectivity index (χ3v) is 8.03. The summed E-state index contributed by atoms with van der Waals surface area (Å²) in [6.45, 7) is 0.232. The van der Waals surface area contributed by atoms with E-state index < -0.39 is 0 Å². The molecule has 3 aromatic rings. The molecule has 0 saturated carbocycles. The highest BCUT2D eigenvalue weighted by Crippen LogP contribution is 2.48. The second kappa shape index (κ2) is 9.35. The number of halogens is 1. The first-order valence-corrected chi connectivity index (χ1v) is 12.6. The van der Waals surface area contributed by atoms with Crippen LogP contribution in [0, 0.1) is 0 Å². The van der Waals surface area contributed by atoms with Crippen LogP contribution in [-0.4, -0.2) is 27.6 Å². The molecule has 2 amide bonds. The molecule has 5 rings (SSSR count). The molecule has 0 unspecified atom stereocenters. The van der Waals surface area contributed by atoms with Crippen LogP contribution in [0.4, 0.5) is 11.4 Å². The van der Waals surface area contributed by atoms with Crippen LogP contribution in [0.5, 0.6) is 0 Å². The molecule has 3 aromatic carbocycles. The van der Waals surface area contributed by atoms with Crippen molar-refractivity contribution in [2.24, 2.45) is 0 Å². The molecule has 0 spiro atoms.